The molecule has 1 aromatic carbocycles. The largest absolute Gasteiger partial charge is 0.494 e. The monoisotopic (exact) mass is 199 g/mol. The summed E-state index contributed by atoms with van der Waals surface area (Å²) < 4.78 is 31.0. The van der Waals surface area contributed by atoms with E-state index in [1.165, 1.54) is 13.2 Å². The molecule has 2 nitrogen and oxygen atoms in total. The predicted molar refractivity (Wildman–Crippen MR) is 50.0 cm³/mol. The van der Waals surface area contributed by atoms with Gasteiger partial charge in [0.25, 0.3) is 0 Å². The summed E-state index contributed by atoms with van der Waals surface area (Å²) >= 11 is 0. The van der Waals surface area contributed by atoms with Crippen LogP contribution in [0.4, 0.5) is 8.78 Å². The first-order chi connectivity index (χ1) is 6.60. The minimum atomic E-state index is -0.713. The molecule has 0 radical (unpaired) electrons. The van der Waals surface area contributed by atoms with E-state index in [-0.39, 0.29) is 11.3 Å². The first-order valence-corrected chi connectivity index (χ1v) is 4.01. The van der Waals surface area contributed by atoms with E-state index in [0.717, 1.165) is 12.1 Å². The molecular formula is C10H11F2NO. The SMILES string of the molecule is C=C[C@@H](N)c1cc(F)c(OC)cc1F. The van der Waals surface area contributed by atoms with E-state index < -0.39 is 17.7 Å². The second-order valence-corrected chi connectivity index (χ2v) is 2.77. The van der Waals surface area contributed by atoms with Gasteiger partial charge in [-0.2, -0.15) is 0 Å². The zero-order chi connectivity index (χ0) is 10.7. The van der Waals surface area contributed by atoms with Gasteiger partial charge in [0, 0.05) is 11.6 Å². The van der Waals surface area contributed by atoms with Crippen LogP contribution in [0.15, 0.2) is 24.8 Å². The number of ether oxygens (including phenoxy) is 1. The summed E-state index contributed by atoms with van der Waals surface area (Å²) in [6.07, 6.45) is 1.34. The van der Waals surface area contributed by atoms with Crippen LogP contribution in [0, 0.1) is 11.6 Å². The van der Waals surface area contributed by atoms with E-state index in [1.807, 2.05) is 0 Å². The molecular weight excluding hydrogens is 188 g/mol. The number of methoxy groups -OCH3 is 1. The fourth-order valence-electron chi connectivity index (χ4n) is 1.08. The van der Waals surface area contributed by atoms with Crippen LogP contribution in [-0.2, 0) is 0 Å². The molecule has 0 aliphatic heterocycles. The molecule has 0 spiro atoms. The van der Waals surface area contributed by atoms with Gasteiger partial charge < -0.3 is 10.5 Å². The van der Waals surface area contributed by atoms with Gasteiger partial charge in [0.15, 0.2) is 11.6 Å². The van der Waals surface area contributed by atoms with Crippen LogP contribution in [-0.4, -0.2) is 7.11 Å². The van der Waals surface area contributed by atoms with E-state index in [9.17, 15) is 8.78 Å². The van der Waals surface area contributed by atoms with Crippen molar-refractivity contribution < 1.29 is 13.5 Å². The molecule has 14 heavy (non-hydrogen) atoms. The second-order valence-electron chi connectivity index (χ2n) is 2.77. The minimum absolute atomic E-state index is 0.0679. The Balaban J connectivity index is 3.21. The Morgan fingerprint density at radius 1 is 1.43 bits per heavy atom. The molecule has 0 heterocycles. The third-order valence-corrected chi connectivity index (χ3v) is 1.88. The van der Waals surface area contributed by atoms with E-state index in [2.05, 4.69) is 11.3 Å². The number of hydrogen-bond donors (Lipinski definition) is 1. The Hall–Kier alpha value is -1.42. The summed E-state index contributed by atoms with van der Waals surface area (Å²) in [6, 6.07) is 1.27. The Morgan fingerprint density at radius 3 is 2.57 bits per heavy atom. The van der Waals surface area contributed by atoms with Crippen molar-refractivity contribution >= 4 is 0 Å². The predicted octanol–water partition coefficient (Wildman–Crippen LogP) is 2.16. The van der Waals surface area contributed by atoms with Crippen molar-refractivity contribution in [3.05, 3.63) is 42.0 Å². The molecule has 0 saturated heterocycles. The number of rotatable bonds is 3. The summed E-state index contributed by atoms with van der Waals surface area (Å²) in [5, 5.41) is 0. The van der Waals surface area contributed by atoms with E-state index in [4.69, 9.17) is 5.73 Å². The highest BCUT2D eigenvalue weighted by molar-refractivity contribution is 5.33. The Bertz CT molecular complexity index is 352. The molecule has 76 valence electrons. The summed E-state index contributed by atoms with van der Waals surface area (Å²) in [5.41, 5.74) is 5.56. The van der Waals surface area contributed by atoms with Crippen LogP contribution >= 0.6 is 0 Å². The van der Waals surface area contributed by atoms with Crippen molar-refractivity contribution in [3.63, 3.8) is 0 Å². The Labute approximate surface area is 81.0 Å². The molecule has 0 aliphatic carbocycles. The number of hydrogen-bond acceptors (Lipinski definition) is 2. The molecule has 0 saturated carbocycles. The zero-order valence-electron chi connectivity index (χ0n) is 7.76. The van der Waals surface area contributed by atoms with Crippen LogP contribution in [0.2, 0.25) is 0 Å². The highest BCUT2D eigenvalue weighted by atomic mass is 19.1. The van der Waals surface area contributed by atoms with E-state index in [1.54, 1.807) is 0 Å². The number of halogens is 2. The lowest BCUT2D eigenvalue weighted by Crippen LogP contribution is -2.09. The lowest BCUT2D eigenvalue weighted by molar-refractivity contribution is 0.381. The Kier molecular flexibility index (Phi) is 3.19. The first-order valence-electron chi connectivity index (χ1n) is 4.01. The van der Waals surface area contributed by atoms with Crippen molar-refractivity contribution in [1.82, 2.24) is 0 Å². The van der Waals surface area contributed by atoms with Crippen LogP contribution in [0.1, 0.15) is 11.6 Å². The Morgan fingerprint density at radius 2 is 2.07 bits per heavy atom. The molecule has 0 amide bonds. The summed E-state index contributed by atoms with van der Waals surface area (Å²) in [6.45, 7) is 3.40. The van der Waals surface area contributed by atoms with Crippen molar-refractivity contribution in [2.24, 2.45) is 5.73 Å². The van der Waals surface area contributed by atoms with Crippen LogP contribution in [0.3, 0.4) is 0 Å². The van der Waals surface area contributed by atoms with E-state index in [0.29, 0.717) is 0 Å². The van der Waals surface area contributed by atoms with Crippen molar-refractivity contribution in [2.45, 2.75) is 6.04 Å². The van der Waals surface area contributed by atoms with Gasteiger partial charge in [0.1, 0.15) is 5.82 Å². The maximum absolute atomic E-state index is 13.3. The molecule has 4 heteroatoms. The van der Waals surface area contributed by atoms with Gasteiger partial charge in [-0.3, -0.25) is 0 Å². The quantitative estimate of drug-likeness (QED) is 0.757. The topological polar surface area (TPSA) is 35.2 Å². The average molecular weight is 199 g/mol. The van der Waals surface area contributed by atoms with Crippen LogP contribution in [0.5, 0.6) is 5.75 Å². The normalized spacial score (nSPS) is 12.3. The molecule has 0 unspecified atom stereocenters. The van der Waals surface area contributed by atoms with Gasteiger partial charge in [-0.05, 0) is 6.07 Å². The minimum Gasteiger partial charge on any atom is -0.494 e. The summed E-state index contributed by atoms with van der Waals surface area (Å²) in [7, 11) is 1.27. The molecule has 2 N–H and O–H groups in total. The fraction of sp³-hybridized carbons (Fsp3) is 0.200. The fourth-order valence-corrected chi connectivity index (χ4v) is 1.08. The molecule has 0 fully saturated rings. The smallest absolute Gasteiger partial charge is 0.165 e. The summed E-state index contributed by atoms with van der Waals surface area (Å²) in [4.78, 5) is 0. The van der Waals surface area contributed by atoms with Gasteiger partial charge in [-0.15, -0.1) is 6.58 Å². The zero-order valence-corrected chi connectivity index (χ0v) is 7.76. The number of benzene rings is 1. The standard InChI is InChI=1S/C10H11F2NO/c1-3-9(13)6-4-8(12)10(14-2)5-7(6)11/h3-5,9H,1,13H2,2H3/t9-/m1/s1. The van der Waals surface area contributed by atoms with Crippen molar-refractivity contribution in [2.75, 3.05) is 7.11 Å². The van der Waals surface area contributed by atoms with Crippen molar-refractivity contribution in [3.8, 4) is 5.75 Å². The number of nitrogens with two attached hydrogens (primary N) is 1. The van der Waals surface area contributed by atoms with E-state index >= 15 is 0 Å². The highest BCUT2D eigenvalue weighted by Crippen LogP contribution is 2.24. The van der Waals surface area contributed by atoms with Crippen LogP contribution in [0.25, 0.3) is 0 Å². The first kappa shape index (κ1) is 10.7. The molecule has 1 rings (SSSR count). The van der Waals surface area contributed by atoms with Crippen LogP contribution < -0.4 is 10.5 Å². The molecule has 1 aromatic rings. The van der Waals surface area contributed by atoms with Crippen molar-refractivity contribution in [1.29, 1.82) is 0 Å². The maximum atomic E-state index is 13.3. The second kappa shape index (κ2) is 4.19. The lowest BCUT2D eigenvalue weighted by atomic mass is 10.1. The average Bonchev–Trinajstić information content (AvgIpc) is 2.19. The lowest BCUT2D eigenvalue weighted by Gasteiger charge is -2.10. The van der Waals surface area contributed by atoms with Gasteiger partial charge in [-0.25, -0.2) is 8.78 Å². The molecule has 0 bridgehead atoms. The third kappa shape index (κ3) is 1.90. The van der Waals surface area contributed by atoms with Gasteiger partial charge in [-0.1, -0.05) is 6.08 Å². The van der Waals surface area contributed by atoms with Gasteiger partial charge in [0.2, 0.25) is 0 Å². The summed E-state index contributed by atoms with van der Waals surface area (Å²) in [5.74, 6) is -1.38. The molecule has 1 atom stereocenters. The maximum Gasteiger partial charge on any atom is 0.165 e. The van der Waals surface area contributed by atoms with Gasteiger partial charge in [0.05, 0.1) is 13.2 Å². The highest BCUT2D eigenvalue weighted by Gasteiger charge is 2.13. The molecule has 0 aliphatic rings. The third-order valence-electron chi connectivity index (χ3n) is 1.88. The molecule has 0 aromatic heterocycles. The van der Waals surface area contributed by atoms with Gasteiger partial charge >= 0.3 is 0 Å².